The Balaban J connectivity index is 0.000000479. The number of halogens is 3. The predicted octanol–water partition coefficient (Wildman–Crippen LogP) is 5.11. The van der Waals surface area contributed by atoms with E-state index in [1.165, 1.54) is 16.8 Å². The summed E-state index contributed by atoms with van der Waals surface area (Å²) in [5.74, 6) is -1.19. The maximum absolute atomic E-state index is 10.6. The van der Waals surface area contributed by atoms with Crippen LogP contribution in [0.5, 0.6) is 11.5 Å². The van der Waals surface area contributed by atoms with Gasteiger partial charge in [-0.25, -0.2) is 4.79 Å². The Hall–Kier alpha value is -3.63. The quantitative estimate of drug-likeness (QED) is 0.452. The molecular weight excluding hydrogens is 485 g/mol. The number of likely N-dealkylation sites (N-methyl/N-ethyl adjacent to an activating group) is 1. The molecule has 1 aliphatic rings. The lowest BCUT2D eigenvalue weighted by molar-refractivity contribution is -0.192. The van der Waals surface area contributed by atoms with Gasteiger partial charge in [-0.15, -0.1) is 0 Å². The average Bonchev–Trinajstić information content (AvgIpc) is 2.89. The highest BCUT2D eigenvalue weighted by Crippen LogP contribution is 2.23. The molecule has 2 N–H and O–H groups in total. The van der Waals surface area contributed by atoms with Gasteiger partial charge in [0.05, 0.1) is 6.20 Å². The van der Waals surface area contributed by atoms with E-state index < -0.39 is 12.1 Å². The number of benzene rings is 2. The van der Waals surface area contributed by atoms with Crippen molar-refractivity contribution < 1.29 is 27.8 Å². The largest absolute Gasteiger partial charge is 0.490 e. The number of piperazine rings is 1. The number of hydrogen-bond acceptors (Lipinski definition) is 6. The lowest BCUT2D eigenvalue weighted by Crippen LogP contribution is -2.44. The van der Waals surface area contributed by atoms with Crippen LogP contribution in [-0.4, -0.2) is 60.4 Å². The van der Waals surface area contributed by atoms with Crippen molar-refractivity contribution >= 4 is 11.7 Å². The fourth-order valence-corrected chi connectivity index (χ4v) is 3.65. The van der Waals surface area contributed by atoms with Gasteiger partial charge in [0.15, 0.2) is 0 Å². The summed E-state index contributed by atoms with van der Waals surface area (Å²) >= 11 is 0. The van der Waals surface area contributed by atoms with Crippen LogP contribution in [0.4, 0.5) is 18.9 Å². The van der Waals surface area contributed by atoms with E-state index in [1.54, 1.807) is 12.4 Å². The Bertz CT molecular complexity index is 1100. The monoisotopic (exact) mass is 516 g/mol. The Kier molecular flexibility index (Phi) is 9.87. The van der Waals surface area contributed by atoms with Gasteiger partial charge >= 0.3 is 12.1 Å². The van der Waals surface area contributed by atoms with Crippen LogP contribution in [0.3, 0.4) is 0 Å². The van der Waals surface area contributed by atoms with Gasteiger partial charge in [0.2, 0.25) is 0 Å². The van der Waals surface area contributed by atoms with Gasteiger partial charge in [0.1, 0.15) is 11.5 Å². The van der Waals surface area contributed by atoms with Crippen molar-refractivity contribution in [3.8, 4) is 11.5 Å². The number of aliphatic carboxylic acids is 1. The second-order valence-electron chi connectivity index (χ2n) is 8.72. The van der Waals surface area contributed by atoms with E-state index in [1.807, 2.05) is 24.3 Å². The number of rotatable bonds is 7. The van der Waals surface area contributed by atoms with Gasteiger partial charge in [-0.1, -0.05) is 24.3 Å². The van der Waals surface area contributed by atoms with Crippen LogP contribution in [0.2, 0.25) is 0 Å². The minimum absolute atomic E-state index is 0.259. The molecule has 7 nitrogen and oxygen atoms in total. The summed E-state index contributed by atoms with van der Waals surface area (Å²) in [6.07, 6.45) is -1.63. The van der Waals surface area contributed by atoms with Crippen LogP contribution in [0, 0.1) is 0 Å². The van der Waals surface area contributed by atoms with E-state index in [2.05, 4.69) is 70.5 Å². The smallest absolute Gasteiger partial charge is 0.475 e. The number of nitrogens with one attached hydrogen (secondary N) is 1. The van der Waals surface area contributed by atoms with Gasteiger partial charge in [0.25, 0.3) is 0 Å². The van der Waals surface area contributed by atoms with E-state index in [4.69, 9.17) is 14.6 Å². The number of pyridine rings is 1. The third-order valence-electron chi connectivity index (χ3n) is 5.91. The molecule has 37 heavy (non-hydrogen) atoms. The zero-order chi connectivity index (χ0) is 26.8. The first-order chi connectivity index (χ1) is 17.6. The van der Waals surface area contributed by atoms with Crippen LogP contribution < -0.4 is 15.0 Å². The lowest BCUT2D eigenvalue weighted by Gasteiger charge is -2.34. The lowest BCUT2D eigenvalue weighted by atomic mass is 10.1. The molecule has 0 spiro atoms. The number of ether oxygens (including phenoxy) is 1. The van der Waals surface area contributed by atoms with E-state index in [-0.39, 0.29) is 6.04 Å². The van der Waals surface area contributed by atoms with Crippen molar-refractivity contribution in [2.75, 3.05) is 38.1 Å². The Morgan fingerprint density at radius 3 is 2.19 bits per heavy atom. The summed E-state index contributed by atoms with van der Waals surface area (Å²) in [4.78, 5) is 17.8. The molecule has 1 aliphatic heterocycles. The van der Waals surface area contributed by atoms with Crippen molar-refractivity contribution in [1.82, 2.24) is 15.2 Å². The van der Waals surface area contributed by atoms with Crippen molar-refractivity contribution in [2.24, 2.45) is 0 Å². The minimum atomic E-state index is -5.08. The summed E-state index contributed by atoms with van der Waals surface area (Å²) < 4.78 is 37.6. The first-order valence-electron chi connectivity index (χ1n) is 11.9. The maximum Gasteiger partial charge on any atom is 0.490 e. The number of anilines is 1. The van der Waals surface area contributed by atoms with Crippen LogP contribution in [-0.2, 0) is 11.3 Å². The van der Waals surface area contributed by atoms with Gasteiger partial charge in [-0.05, 0) is 61.5 Å². The van der Waals surface area contributed by atoms with E-state index in [0.29, 0.717) is 0 Å². The third-order valence-corrected chi connectivity index (χ3v) is 5.91. The highest BCUT2D eigenvalue weighted by molar-refractivity contribution is 5.73. The molecule has 1 fully saturated rings. The summed E-state index contributed by atoms with van der Waals surface area (Å²) in [5, 5.41) is 10.7. The predicted molar refractivity (Wildman–Crippen MR) is 136 cm³/mol. The standard InChI is InChI=1S/C25H30N4O.C2HF3O2/c1-20(22-7-11-24(12-8-22)30-25-4-3-13-26-19-25)27-18-21-5-9-23(10-6-21)29-16-14-28(2)15-17-29;3-2(4,5)1(6)7/h3-13,19-20,27H,14-18H2,1-2H3;(H,6,7). The normalized spacial score (nSPS) is 14.9. The molecule has 0 bridgehead atoms. The number of carbonyl (C=O) groups is 1. The van der Waals surface area contributed by atoms with Crippen LogP contribution in [0.1, 0.15) is 24.1 Å². The SMILES string of the molecule is CC(NCc1ccc(N2CCN(C)CC2)cc1)c1ccc(Oc2cccnc2)cc1.O=C(O)C(F)(F)F. The second kappa shape index (κ2) is 13.1. The fourth-order valence-electron chi connectivity index (χ4n) is 3.65. The van der Waals surface area contributed by atoms with Gasteiger partial charge in [-0.2, -0.15) is 13.2 Å². The molecule has 10 heteroatoms. The number of alkyl halides is 3. The van der Waals surface area contributed by atoms with Crippen molar-refractivity contribution in [1.29, 1.82) is 0 Å². The number of carboxylic acids is 1. The number of aromatic nitrogens is 1. The zero-order valence-corrected chi connectivity index (χ0v) is 20.8. The van der Waals surface area contributed by atoms with Crippen LogP contribution in [0.15, 0.2) is 73.1 Å². The zero-order valence-electron chi connectivity index (χ0n) is 20.8. The summed E-state index contributed by atoms with van der Waals surface area (Å²) in [6, 6.07) is 21.2. The number of hydrogen-bond donors (Lipinski definition) is 2. The average molecular weight is 517 g/mol. The highest BCUT2D eigenvalue weighted by Gasteiger charge is 2.38. The van der Waals surface area contributed by atoms with Crippen molar-refractivity contribution in [3.63, 3.8) is 0 Å². The Labute approximate surface area is 214 Å². The molecule has 2 heterocycles. The highest BCUT2D eigenvalue weighted by atomic mass is 19.4. The maximum atomic E-state index is 10.6. The summed E-state index contributed by atoms with van der Waals surface area (Å²) in [6.45, 7) is 7.50. The molecule has 4 rings (SSSR count). The van der Waals surface area contributed by atoms with Crippen molar-refractivity contribution in [3.05, 3.63) is 84.2 Å². The minimum Gasteiger partial charge on any atom is -0.475 e. The van der Waals surface area contributed by atoms with E-state index >= 15 is 0 Å². The van der Waals surface area contributed by atoms with E-state index in [9.17, 15) is 13.2 Å². The third kappa shape index (κ3) is 9.07. The fraction of sp³-hybridized carbons (Fsp3) is 0.333. The summed E-state index contributed by atoms with van der Waals surface area (Å²) in [5.41, 5.74) is 3.86. The van der Waals surface area contributed by atoms with Crippen molar-refractivity contribution in [2.45, 2.75) is 25.7 Å². The molecule has 0 saturated carbocycles. The van der Waals surface area contributed by atoms with E-state index in [0.717, 1.165) is 44.2 Å². The number of carboxylic acid groups (broad SMARTS) is 1. The van der Waals surface area contributed by atoms with Crippen LogP contribution >= 0.6 is 0 Å². The van der Waals surface area contributed by atoms with Gasteiger partial charge in [-0.3, -0.25) is 4.98 Å². The molecule has 1 aromatic heterocycles. The molecule has 1 unspecified atom stereocenters. The first kappa shape index (κ1) is 27.9. The molecule has 3 aromatic rings. The van der Waals surface area contributed by atoms with Gasteiger partial charge < -0.3 is 25.0 Å². The Morgan fingerprint density at radius 2 is 1.65 bits per heavy atom. The Morgan fingerprint density at radius 1 is 1.03 bits per heavy atom. The van der Waals surface area contributed by atoms with Crippen LogP contribution in [0.25, 0.3) is 0 Å². The molecule has 1 atom stereocenters. The molecule has 0 aliphatic carbocycles. The number of nitrogens with zero attached hydrogens (tertiary/aromatic N) is 3. The summed E-state index contributed by atoms with van der Waals surface area (Å²) in [7, 11) is 2.19. The molecule has 0 radical (unpaired) electrons. The molecule has 0 amide bonds. The second-order valence-corrected chi connectivity index (χ2v) is 8.72. The van der Waals surface area contributed by atoms with Gasteiger partial charge in [0, 0.05) is 50.6 Å². The topological polar surface area (TPSA) is 77.9 Å². The first-order valence-corrected chi connectivity index (χ1v) is 11.9. The molecule has 2 aromatic carbocycles. The molecule has 1 saturated heterocycles. The molecular formula is C27H31F3N4O3. The molecule has 198 valence electrons.